The van der Waals surface area contributed by atoms with Crippen LogP contribution in [0, 0.1) is 0 Å². The fourth-order valence-corrected chi connectivity index (χ4v) is 4.84. The summed E-state index contributed by atoms with van der Waals surface area (Å²) in [7, 11) is 0. The Labute approximate surface area is 156 Å². The molecule has 4 rings (SSSR count). The first-order chi connectivity index (χ1) is 12.8. The molecule has 0 fully saturated rings. The average Bonchev–Trinajstić information content (AvgIpc) is 2.69. The fourth-order valence-electron chi connectivity index (χ4n) is 3.76. The molecule has 1 heterocycles. The Kier molecular flexibility index (Phi) is 5.09. The van der Waals surface area contributed by atoms with Gasteiger partial charge >= 0.3 is 5.69 Å². The number of hydrogen-bond donors (Lipinski definition) is 1. The van der Waals surface area contributed by atoms with Crippen molar-refractivity contribution in [2.45, 2.75) is 43.0 Å². The summed E-state index contributed by atoms with van der Waals surface area (Å²) in [6.07, 6.45) is 4.09. The van der Waals surface area contributed by atoms with Crippen LogP contribution in [0.25, 0.3) is 10.8 Å². The fraction of sp³-hybridized carbons (Fsp3) is 0.333. The molecule has 0 unspecified atom stereocenters. The van der Waals surface area contributed by atoms with Crippen LogP contribution in [0.15, 0.2) is 52.3 Å². The van der Waals surface area contributed by atoms with Crippen molar-refractivity contribution in [1.82, 2.24) is 9.55 Å². The molecule has 134 valence electrons. The van der Waals surface area contributed by atoms with Gasteiger partial charge in [-0.1, -0.05) is 42.5 Å². The summed E-state index contributed by atoms with van der Waals surface area (Å²) in [5, 5.41) is 12.6. The molecule has 2 aromatic carbocycles. The molecule has 1 aliphatic rings. The lowest BCUT2D eigenvalue weighted by Gasteiger charge is -2.22. The van der Waals surface area contributed by atoms with Crippen LogP contribution in [0.2, 0.25) is 0 Å². The SMILES string of the molecule is O=c1nc(SCc2cccc3ccccc23)c2c(n1CCO)CCCC2. The predicted molar refractivity (Wildman–Crippen MR) is 106 cm³/mol. The van der Waals surface area contributed by atoms with E-state index in [1.54, 1.807) is 16.3 Å². The maximum Gasteiger partial charge on any atom is 0.348 e. The van der Waals surface area contributed by atoms with Crippen molar-refractivity contribution in [3.05, 3.63) is 69.8 Å². The topological polar surface area (TPSA) is 55.1 Å². The van der Waals surface area contributed by atoms with E-state index in [0.717, 1.165) is 42.2 Å². The normalized spacial score (nSPS) is 13.7. The largest absolute Gasteiger partial charge is 0.395 e. The molecule has 1 N–H and O–H groups in total. The zero-order chi connectivity index (χ0) is 17.9. The molecule has 1 aliphatic carbocycles. The minimum absolute atomic E-state index is 0.0312. The van der Waals surface area contributed by atoms with Crippen molar-refractivity contribution in [2.75, 3.05) is 6.61 Å². The molecular weight excluding hydrogens is 344 g/mol. The highest BCUT2D eigenvalue weighted by atomic mass is 32.2. The number of hydrogen-bond acceptors (Lipinski definition) is 4. The maximum absolute atomic E-state index is 12.5. The van der Waals surface area contributed by atoms with Gasteiger partial charge in [0.25, 0.3) is 0 Å². The number of aliphatic hydroxyl groups is 1. The van der Waals surface area contributed by atoms with E-state index >= 15 is 0 Å². The van der Waals surface area contributed by atoms with Gasteiger partial charge in [-0.05, 0) is 42.0 Å². The molecule has 0 aliphatic heterocycles. The lowest BCUT2D eigenvalue weighted by atomic mass is 9.97. The van der Waals surface area contributed by atoms with Gasteiger partial charge in [-0.25, -0.2) is 4.79 Å². The van der Waals surface area contributed by atoms with Gasteiger partial charge < -0.3 is 5.11 Å². The molecule has 3 aromatic rings. The Morgan fingerprint density at radius 3 is 2.77 bits per heavy atom. The van der Waals surface area contributed by atoms with Crippen molar-refractivity contribution in [1.29, 1.82) is 0 Å². The summed E-state index contributed by atoms with van der Waals surface area (Å²) < 4.78 is 1.66. The third-order valence-electron chi connectivity index (χ3n) is 5.02. The van der Waals surface area contributed by atoms with E-state index in [1.807, 2.05) is 0 Å². The first kappa shape index (κ1) is 17.3. The van der Waals surface area contributed by atoms with Crippen molar-refractivity contribution in [3.8, 4) is 0 Å². The van der Waals surface area contributed by atoms with E-state index in [1.165, 1.54) is 21.9 Å². The molecule has 4 nitrogen and oxygen atoms in total. The number of nitrogens with zero attached hydrogens (tertiary/aromatic N) is 2. The second-order valence-electron chi connectivity index (χ2n) is 6.63. The van der Waals surface area contributed by atoms with Gasteiger partial charge in [-0.15, -0.1) is 11.8 Å². The monoisotopic (exact) mass is 366 g/mol. The number of benzene rings is 2. The van der Waals surface area contributed by atoms with E-state index in [9.17, 15) is 9.90 Å². The van der Waals surface area contributed by atoms with E-state index in [2.05, 4.69) is 47.4 Å². The van der Waals surface area contributed by atoms with Gasteiger partial charge in [0.15, 0.2) is 0 Å². The lowest BCUT2D eigenvalue weighted by molar-refractivity contribution is 0.269. The molecule has 0 amide bonds. The highest BCUT2D eigenvalue weighted by Crippen LogP contribution is 2.32. The molecule has 0 atom stereocenters. The molecule has 0 spiro atoms. The highest BCUT2D eigenvalue weighted by molar-refractivity contribution is 7.98. The van der Waals surface area contributed by atoms with Crippen molar-refractivity contribution >= 4 is 22.5 Å². The Morgan fingerprint density at radius 2 is 1.88 bits per heavy atom. The molecule has 1 aromatic heterocycles. The molecule has 0 radical (unpaired) electrons. The molecule has 26 heavy (non-hydrogen) atoms. The third kappa shape index (κ3) is 3.29. The predicted octanol–water partition coefficient (Wildman–Crippen LogP) is 3.56. The van der Waals surface area contributed by atoms with Crippen LogP contribution in [-0.2, 0) is 25.1 Å². The van der Waals surface area contributed by atoms with E-state index < -0.39 is 0 Å². The van der Waals surface area contributed by atoms with Crippen molar-refractivity contribution in [2.24, 2.45) is 0 Å². The second kappa shape index (κ2) is 7.64. The number of aromatic nitrogens is 2. The first-order valence-electron chi connectivity index (χ1n) is 9.11. The summed E-state index contributed by atoms with van der Waals surface area (Å²) in [5.74, 6) is 0.796. The van der Waals surface area contributed by atoms with Crippen molar-refractivity contribution < 1.29 is 5.11 Å². The smallest absolute Gasteiger partial charge is 0.348 e. The second-order valence-corrected chi connectivity index (χ2v) is 7.60. The first-order valence-corrected chi connectivity index (χ1v) is 10.1. The van der Waals surface area contributed by atoms with Crippen LogP contribution < -0.4 is 5.69 Å². The van der Waals surface area contributed by atoms with E-state index in [-0.39, 0.29) is 12.3 Å². The summed E-state index contributed by atoms with van der Waals surface area (Å²) in [4.78, 5) is 16.8. The number of fused-ring (bicyclic) bond motifs is 2. The van der Waals surface area contributed by atoms with Gasteiger partial charge in [0.05, 0.1) is 13.2 Å². The number of aliphatic hydroxyl groups excluding tert-OH is 1. The van der Waals surface area contributed by atoms with E-state index in [4.69, 9.17) is 0 Å². The zero-order valence-electron chi connectivity index (χ0n) is 14.6. The Balaban J connectivity index is 1.68. The van der Waals surface area contributed by atoms with Gasteiger partial charge in [0.2, 0.25) is 0 Å². The van der Waals surface area contributed by atoms with E-state index in [0.29, 0.717) is 6.54 Å². The van der Waals surface area contributed by atoms with Gasteiger partial charge in [0, 0.05) is 17.0 Å². The van der Waals surface area contributed by atoms with Gasteiger partial charge in [-0.3, -0.25) is 4.57 Å². The zero-order valence-corrected chi connectivity index (χ0v) is 15.5. The van der Waals surface area contributed by atoms with Gasteiger partial charge in [-0.2, -0.15) is 4.98 Å². The standard InChI is InChI=1S/C21H22N2O2S/c24-13-12-23-19-11-4-3-10-18(19)20(22-21(23)25)26-14-16-8-5-7-15-6-1-2-9-17(15)16/h1-2,5-9,24H,3-4,10-14H2. The molecule has 5 heteroatoms. The summed E-state index contributed by atoms with van der Waals surface area (Å²) in [5.41, 5.74) is 3.30. The number of thioether (sulfide) groups is 1. The van der Waals surface area contributed by atoms with Crippen LogP contribution in [0.5, 0.6) is 0 Å². The van der Waals surface area contributed by atoms with Crippen LogP contribution >= 0.6 is 11.8 Å². The molecule has 0 saturated heterocycles. The molecular formula is C21H22N2O2S. The summed E-state index contributed by atoms with van der Waals surface area (Å²) >= 11 is 1.66. The van der Waals surface area contributed by atoms with Crippen LogP contribution in [0.1, 0.15) is 29.7 Å². The maximum atomic E-state index is 12.5. The lowest BCUT2D eigenvalue weighted by Crippen LogP contribution is -2.31. The van der Waals surface area contributed by atoms with Crippen LogP contribution in [0.4, 0.5) is 0 Å². The van der Waals surface area contributed by atoms with Crippen molar-refractivity contribution in [3.63, 3.8) is 0 Å². The minimum atomic E-state index is -0.236. The number of rotatable bonds is 5. The Bertz CT molecular complexity index is 992. The molecule has 0 bridgehead atoms. The average molecular weight is 366 g/mol. The van der Waals surface area contributed by atoms with Gasteiger partial charge in [0.1, 0.15) is 5.03 Å². The third-order valence-corrected chi connectivity index (χ3v) is 6.09. The quantitative estimate of drug-likeness (QED) is 0.554. The Hall–Kier alpha value is -2.11. The summed E-state index contributed by atoms with van der Waals surface area (Å²) in [6.45, 7) is 0.305. The van der Waals surface area contributed by atoms with Crippen LogP contribution in [-0.4, -0.2) is 21.3 Å². The van der Waals surface area contributed by atoms with Crippen LogP contribution in [0.3, 0.4) is 0 Å². The summed E-state index contributed by atoms with van der Waals surface area (Å²) in [6, 6.07) is 14.7. The highest BCUT2D eigenvalue weighted by Gasteiger charge is 2.20. The molecule has 0 saturated carbocycles. The Morgan fingerprint density at radius 1 is 1.08 bits per heavy atom. The minimum Gasteiger partial charge on any atom is -0.395 e.